The molecule has 2 heterocycles. The third-order valence-electron chi connectivity index (χ3n) is 7.86. The molecule has 3 aromatic carbocycles. The Bertz CT molecular complexity index is 1280. The third-order valence-corrected chi connectivity index (χ3v) is 8.11. The van der Waals surface area contributed by atoms with Crippen molar-refractivity contribution in [1.29, 1.82) is 5.41 Å². The van der Waals surface area contributed by atoms with Crippen LogP contribution in [0.5, 0.6) is 0 Å². The molecule has 0 spiro atoms. The fraction of sp³-hybridized carbons (Fsp3) is 0.375. The van der Waals surface area contributed by atoms with Gasteiger partial charge < -0.3 is 15.4 Å². The maximum Gasteiger partial charge on any atom is 0.324 e. The Balaban J connectivity index is 1.23. The van der Waals surface area contributed by atoms with Crippen molar-refractivity contribution in [2.24, 2.45) is 17.6 Å². The summed E-state index contributed by atoms with van der Waals surface area (Å²) in [5.41, 5.74) is 9.56. The molecule has 1 atom stereocenters. The number of carbonyl (C=O) groups is 1. The first-order chi connectivity index (χ1) is 19.4. The molecule has 2 aliphatic rings. The second kappa shape index (κ2) is 13.3. The van der Waals surface area contributed by atoms with Crippen molar-refractivity contribution in [3.63, 3.8) is 0 Å². The van der Waals surface area contributed by atoms with Crippen molar-refractivity contribution < 1.29 is 9.53 Å². The lowest BCUT2D eigenvalue weighted by molar-refractivity contribution is 0.0643. The number of piperidine rings is 1. The largest absolute Gasteiger partial charge is 0.384 e. The third kappa shape index (κ3) is 7.42. The van der Waals surface area contributed by atoms with Gasteiger partial charge in [0.25, 0.3) is 0 Å². The van der Waals surface area contributed by atoms with E-state index in [0.29, 0.717) is 37.8 Å². The Morgan fingerprint density at radius 1 is 0.925 bits per heavy atom. The van der Waals surface area contributed by atoms with Crippen LogP contribution in [-0.4, -0.2) is 61.0 Å². The maximum absolute atomic E-state index is 13.8. The number of halogens is 1. The predicted octanol–water partition coefficient (Wildman–Crippen LogP) is 5.61. The molecule has 5 rings (SSSR count). The van der Waals surface area contributed by atoms with Gasteiger partial charge in [0.1, 0.15) is 5.84 Å². The molecule has 0 aliphatic carbocycles. The van der Waals surface area contributed by atoms with Crippen LogP contribution in [-0.2, 0) is 17.9 Å². The molecule has 0 bridgehead atoms. The number of nitrogen functional groups attached to an aromatic ring is 1. The summed E-state index contributed by atoms with van der Waals surface area (Å²) < 4.78 is 6.12. The number of carbonyl (C=O) groups excluding carboxylic acids is 1. The number of likely N-dealkylation sites (tertiary alicyclic amines) is 1. The second-order valence-corrected chi connectivity index (χ2v) is 11.4. The number of hydrogen-bond donors (Lipinski definition) is 2. The van der Waals surface area contributed by atoms with Crippen LogP contribution < -0.4 is 10.6 Å². The highest BCUT2D eigenvalue weighted by Crippen LogP contribution is 2.27. The first kappa shape index (κ1) is 28.1. The van der Waals surface area contributed by atoms with Crippen LogP contribution in [0.15, 0.2) is 78.9 Å². The molecule has 210 valence electrons. The molecule has 2 fully saturated rings. The average Bonchev–Trinajstić information content (AvgIpc) is 2.97. The molecule has 2 amide bonds. The molecule has 1 unspecified atom stereocenters. The minimum atomic E-state index is -0.00345. The van der Waals surface area contributed by atoms with Gasteiger partial charge in [-0.05, 0) is 67.2 Å². The number of amides is 2. The van der Waals surface area contributed by atoms with Crippen LogP contribution in [0.3, 0.4) is 0 Å². The van der Waals surface area contributed by atoms with Crippen molar-refractivity contribution in [2.45, 2.75) is 26.0 Å². The van der Waals surface area contributed by atoms with E-state index >= 15 is 0 Å². The molecule has 2 aliphatic heterocycles. The number of hydrogen-bond acceptors (Lipinski definition) is 4. The molecule has 0 saturated carbocycles. The Hall–Kier alpha value is -3.39. The molecule has 40 heavy (non-hydrogen) atoms. The number of urea groups is 1. The SMILES string of the molecule is N=C(N)c1cccc(N2CC(COCc3ccccc3)CN(CC3CCN(Cc4ccc(Cl)cc4)CC3)C2=O)c1. The molecule has 2 saturated heterocycles. The van der Waals surface area contributed by atoms with E-state index in [2.05, 4.69) is 29.2 Å². The van der Waals surface area contributed by atoms with E-state index in [0.717, 1.165) is 55.3 Å². The standard InChI is InChI=1S/C32H38ClN5O2/c33-29-11-9-24(10-12-29)18-36-15-13-25(14-16-36)19-37-20-27(23-40-22-26-5-2-1-3-6-26)21-38(32(37)39)30-8-4-7-28(17-30)31(34)35/h1-12,17,25,27H,13-16,18-23H2,(H3,34,35). The molecule has 3 aromatic rings. The summed E-state index contributed by atoms with van der Waals surface area (Å²) in [7, 11) is 0. The Labute approximate surface area is 242 Å². The maximum atomic E-state index is 13.8. The number of nitrogens with zero attached hydrogens (tertiary/aromatic N) is 3. The van der Waals surface area contributed by atoms with Gasteiger partial charge in [0, 0.05) is 48.4 Å². The normalized spacial score (nSPS) is 18.7. The summed E-state index contributed by atoms with van der Waals surface area (Å²) in [4.78, 5) is 20.1. The van der Waals surface area contributed by atoms with E-state index in [1.54, 1.807) is 6.07 Å². The van der Waals surface area contributed by atoms with Crippen LogP contribution in [0.1, 0.15) is 29.5 Å². The van der Waals surface area contributed by atoms with Crippen molar-refractivity contribution in [3.05, 3.63) is 101 Å². The van der Waals surface area contributed by atoms with Crippen LogP contribution in [0.4, 0.5) is 10.5 Å². The highest BCUT2D eigenvalue weighted by atomic mass is 35.5. The summed E-state index contributed by atoms with van der Waals surface area (Å²) in [6.45, 7) is 6.08. The molecular formula is C32H38ClN5O2. The molecule has 8 heteroatoms. The second-order valence-electron chi connectivity index (χ2n) is 11.0. The van der Waals surface area contributed by atoms with Gasteiger partial charge in [-0.25, -0.2) is 4.79 Å². The van der Waals surface area contributed by atoms with Crippen molar-refractivity contribution in [2.75, 3.05) is 44.2 Å². The lowest BCUT2D eigenvalue weighted by Crippen LogP contribution is -2.56. The zero-order chi connectivity index (χ0) is 27.9. The van der Waals surface area contributed by atoms with Crippen LogP contribution in [0.25, 0.3) is 0 Å². The van der Waals surface area contributed by atoms with E-state index < -0.39 is 0 Å². The number of benzene rings is 3. The number of ether oxygens (including phenoxy) is 1. The van der Waals surface area contributed by atoms with E-state index in [1.807, 2.05) is 58.3 Å². The lowest BCUT2D eigenvalue weighted by Gasteiger charge is -2.42. The minimum Gasteiger partial charge on any atom is -0.384 e. The highest BCUT2D eigenvalue weighted by Gasteiger charge is 2.35. The zero-order valence-corrected chi connectivity index (χ0v) is 23.6. The van der Waals surface area contributed by atoms with Crippen molar-refractivity contribution in [3.8, 4) is 0 Å². The topological polar surface area (TPSA) is 85.9 Å². The van der Waals surface area contributed by atoms with E-state index in [1.165, 1.54) is 5.56 Å². The van der Waals surface area contributed by atoms with Gasteiger partial charge in [-0.15, -0.1) is 0 Å². The molecule has 3 N–H and O–H groups in total. The van der Waals surface area contributed by atoms with Gasteiger partial charge in [-0.3, -0.25) is 15.2 Å². The Morgan fingerprint density at radius 2 is 1.68 bits per heavy atom. The minimum absolute atomic E-state index is 0.00345. The molecule has 7 nitrogen and oxygen atoms in total. The van der Waals surface area contributed by atoms with Gasteiger partial charge in [0.2, 0.25) is 0 Å². The fourth-order valence-electron chi connectivity index (χ4n) is 5.67. The number of nitrogens with one attached hydrogen (secondary N) is 1. The van der Waals surface area contributed by atoms with Crippen molar-refractivity contribution >= 4 is 29.2 Å². The van der Waals surface area contributed by atoms with Gasteiger partial charge in [-0.1, -0.05) is 66.2 Å². The summed E-state index contributed by atoms with van der Waals surface area (Å²) in [6, 6.07) is 25.7. The number of amidine groups is 1. The number of rotatable bonds is 10. The molecular weight excluding hydrogens is 522 g/mol. The first-order valence-corrected chi connectivity index (χ1v) is 14.4. The molecule has 0 radical (unpaired) electrons. The van der Waals surface area contributed by atoms with Crippen molar-refractivity contribution in [1.82, 2.24) is 9.80 Å². The van der Waals surface area contributed by atoms with Crippen LogP contribution in [0.2, 0.25) is 5.02 Å². The van der Waals surface area contributed by atoms with Gasteiger partial charge in [-0.2, -0.15) is 0 Å². The van der Waals surface area contributed by atoms with Gasteiger partial charge in [0.15, 0.2) is 0 Å². The molecule has 0 aromatic heterocycles. The number of nitrogens with two attached hydrogens (primary N) is 1. The van der Waals surface area contributed by atoms with Gasteiger partial charge in [0.05, 0.1) is 13.2 Å². The predicted molar refractivity (Wildman–Crippen MR) is 161 cm³/mol. The van der Waals surface area contributed by atoms with Gasteiger partial charge >= 0.3 is 6.03 Å². The smallest absolute Gasteiger partial charge is 0.324 e. The summed E-state index contributed by atoms with van der Waals surface area (Å²) in [5.74, 6) is 0.628. The first-order valence-electron chi connectivity index (χ1n) is 14.0. The van der Waals surface area contributed by atoms with E-state index in [9.17, 15) is 4.79 Å². The zero-order valence-electron chi connectivity index (χ0n) is 22.8. The van der Waals surface area contributed by atoms with E-state index in [4.69, 9.17) is 27.5 Å². The summed E-state index contributed by atoms with van der Waals surface area (Å²) in [6.07, 6.45) is 2.12. The summed E-state index contributed by atoms with van der Waals surface area (Å²) in [5, 5.41) is 8.61. The Morgan fingerprint density at radius 3 is 2.40 bits per heavy atom. The lowest BCUT2D eigenvalue weighted by atomic mass is 9.94. The fourth-order valence-corrected chi connectivity index (χ4v) is 5.80. The van der Waals surface area contributed by atoms with Crippen LogP contribution in [0, 0.1) is 17.2 Å². The Kier molecular flexibility index (Phi) is 9.37. The van der Waals surface area contributed by atoms with Crippen LogP contribution >= 0.6 is 11.6 Å². The highest BCUT2D eigenvalue weighted by molar-refractivity contribution is 6.30. The average molecular weight is 560 g/mol. The number of anilines is 1. The summed E-state index contributed by atoms with van der Waals surface area (Å²) >= 11 is 6.04. The van der Waals surface area contributed by atoms with E-state index in [-0.39, 0.29) is 17.8 Å². The monoisotopic (exact) mass is 559 g/mol. The quantitative estimate of drug-likeness (QED) is 0.250.